The standard InChI is InChI=1S/C17H27BrO2Si/c1-16(2,3)21(4,5)19-9-17-7-6-12-13(17)10-8-11(17)14(18)15(10)20-12/h6-7,10-15H,8-9H2,1-5H3/t10?,11?,12-,13?,14?,15?,17+/m0/s1. The fraction of sp³-hybridized carbons (Fsp3) is 0.882. The molecule has 3 aliphatic carbocycles. The third-order valence-electron chi connectivity index (χ3n) is 7.17. The molecule has 0 spiro atoms. The molecule has 0 aromatic rings. The maximum atomic E-state index is 6.66. The Hall–Kier alpha value is 0.357. The van der Waals surface area contributed by atoms with Gasteiger partial charge in [-0.1, -0.05) is 48.9 Å². The van der Waals surface area contributed by atoms with Gasteiger partial charge in [0.1, 0.15) is 0 Å². The quantitative estimate of drug-likeness (QED) is 0.417. The van der Waals surface area contributed by atoms with E-state index in [4.69, 9.17) is 9.16 Å². The summed E-state index contributed by atoms with van der Waals surface area (Å²) in [5.41, 5.74) is 0.242. The Balaban J connectivity index is 1.60. The number of halogens is 1. The largest absolute Gasteiger partial charge is 0.416 e. The second kappa shape index (κ2) is 4.25. The molecule has 3 fully saturated rings. The van der Waals surface area contributed by atoms with Gasteiger partial charge in [0.15, 0.2) is 8.32 Å². The molecule has 4 rings (SSSR count). The van der Waals surface area contributed by atoms with E-state index in [9.17, 15) is 0 Å². The summed E-state index contributed by atoms with van der Waals surface area (Å²) in [5, 5.41) is 0.283. The van der Waals surface area contributed by atoms with Crippen LogP contribution < -0.4 is 0 Å². The molecular weight excluding hydrogens is 344 g/mol. The van der Waals surface area contributed by atoms with Crippen LogP contribution in [-0.4, -0.2) is 32.0 Å². The summed E-state index contributed by atoms with van der Waals surface area (Å²) in [6.45, 7) is 12.6. The number of hydrogen-bond donors (Lipinski definition) is 0. The molecule has 4 aliphatic rings. The zero-order valence-electron chi connectivity index (χ0n) is 13.7. The van der Waals surface area contributed by atoms with Gasteiger partial charge >= 0.3 is 0 Å². The molecule has 0 aromatic heterocycles. The van der Waals surface area contributed by atoms with Crippen LogP contribution in [0.15, 0.2) is 12.2 Å². The molecule has 1 saturated heterocycles. The lowest BCUT2D eigenvalue weighted by atomic mass is 9.68. The van der Waals surface area contributed by atoms with Gasteiger partial charge in [-0.15, -0.1) is 0 Å². The third kappa shape index (κ3) is 1.76. The highest BCUT2D eigenvalue weighted by molar-refractivity contribution is 9.09. The topological polar surface area (TPSA) is 18.5 Å². The fourth-order valence-corrected chi connectivity index (χ4v) is 7.24. The summed E-state index contributed by atoms with van der Waals surface area (Å²) in [6, 6.07) is 0. The first-order valence-corrected chi connectivity index (χ1v) is 12.1. The summed E-state index contributed by atoms with van der Waals surface area (Å²) in [4.78, 5) is 0.525. The fourth-order valence-electron chi connectivity index (χ4n) is 4.97. The van der Waals surface area contributed by atoms with Gasteiger partial charge in [0.2, 0.25) is 0 Å². The molecule has 7 atom stereocenters. The van der Waals surface area contributed by atoms with Gasteiger partial charge in [-0.05, 0) is 36.4 Å². The van der Waals surface area contributed by atoms with Crippen molar-refractivity contribution in [3.63, 3.8) is 0 Å². The molecule has 4 heteroatoms. The zero-order valence-corrected chi connectivity index (χ0v) is 16.3. The third-order valence-corrected chi connectivity index (χ3v) is 12.8. The van der Waals surface area contributed by atoms with Gasteiger partial charge in [-0.3, -0.25) is 0 Å². The molecule has 0 radical (unpaired) electrons. The minimum Gasteiger partial charge on any atom is -0.416 e. The normalized spacial score (nSPS) is 50.4. The Labute approximate surface area is 137 Å². The van der Waals surface area contributed by atoms with Gasteiger partial charge in [0, 0.05) is 22.8 Å². The lowest BCUT2D eigenvalue weighted by molar-refractivity contribution is 0.0694. The minimum absolute atomic E-state index is 0.242. The van der Waals surface area contributed by atoms with Crippen molar-refractivity contribution in [1.29, 1.82) is 0 Å². The Kier molecular flexibility index (Phi) is 3.02. The molecule has 2 saturated carbocycles. The van der Waals surface area contributed by atoms with E-state index in [0.29, 0.717) is 28.9 Å². The maximum absolute atomic E-state index is 6.66. The summed E-state index contributed by atoms with van der Waals surface area (Å²) in [6.07, 6.45) is 6.93. The lowest BCUT2D eigenvalue weighted by Gasteiger charge is -2.44. The van der Waals surface area contributed by atoms with Crippen molar-refractivity contribution in [2.45, 2.75) is 62.4 Å². The Morgan fingerprint density at radius 2 is 2.10 bits per heavy atom. The van der Waals surface area contributed by atoms with Crippen LogP contribution in [0.25, 0.3) is 0 Å². The van der Waals surface area contributed by atoms with Crippen molar-refractivity contribution in [1.82, 2.24) is 0 Å². The lowest BCUT2D eigenvalue weighted by Crippen LogP contribution is -2.49. The molecule has 21 heavy (non-hydrogen) atoms. The van der Waals surface area contributed by atoms with Gasteiger partial charge in [0.25, 0.3) is 0 Å². The Morgan fingerprint density at radius 1 is 1.38 bits per heavy atom. The number of fused-ring (bicyclic) bond motifs is 2. The summed E-state index contributed by atoms with van der Waals surface area (Å²) in [7, 11) is -1.69. The molecule has 2 nitrogen and oxygen atoms in total. The van der Waals surface area contributed by atoms with E-state index in [0.717, 1.165) is 12.5 Å². The first kappa shape index (κ1) is 14.9. The van der Waals surface area contributed by atoms with Crippen LogP contribution in [0.3, 0.4) is 0 Å². The van der Waals surface area contributed by atoms with E-state index < -0.39 is 8.32 Å². The predicted molar refractivity (Wildman–Crippen MR) is 91.2 cm³/mol. The first-order valence-electron chi connectivity index (χ1n) is 8.30. The van der Waals surface area contributed by atoms with Crippen LogP contribution in [-0.2, 0) is 9.16 Å². The van der Waals surface area contributed by atoms with Crippen molar-refractivity contribution < 1.29 is 9.16 Å². The van der Waals surface area contributed by atoms with Crippen molar-refractivity contribution in [3.05, 3.63) is 12.2 Å². The Bertz CT molecular complexity index is 498. The molecule has 118 valence electrons. The van der Waals surface area contributed by atoms with E-state index in [-0.39, 0.29) is 10.5 Å². The molecule has 0 N–H and O–H groups in total. The molecular formula is C17H27BrO2Si. The van der Waals surface area contributed by atoms with Crippen LogP contribution in [0, 0.1) is 23.2 Å². The summed E-state index contributed by atoms with van der Waals surface area (Å²) in [5.74, 6) is 2.14. The molecule has 2 bridgehead atoms. The molecule has 1 heterocycles. The van der Waals surface area contributed by atoms with Gasteiger partial charge in [-0.25, -0.2) is 0 Å². The summed E-state index contributed by atoms with van der Waals surface area (Å²) >= 11 is 3.94. The first-order chi connectivity index (χ1) is 9.67. The van der Waals surface area contributed by atoms with Crippen LogP contribution in [0.5, 0.6) is 0 Å². The van der Waals surface area contributed by atoms with Gasteiger partial charge in [0.05, 0.1) is 12.2 Å². The number of rotatable bonds is 3. The van der Waals surface area contributed by atoms with E-state index in [1.807, 2.05) is 0 Å². The second-order valence-electron chi connectivity index (χ2n) is 9.06. The molecule has 5 unspecified atom stereocenters. The number of ether oxygens (including phenoxy) is 1. The van der Waals surface area contributed by atoms with Crippen molar-refractivity contribution in [2.75, 3.05) is 6.61 Å². The highest BCUT2D eigenvalue weighted by atomic mass is 79.9. The van der Waals surface area contributed by atoms with E-state index in [2.05, 4.69) is 61.9 Å². The molecule has 1 aliphatic heterocycles. The van der Waals surface area contributed by atoms with Crippen molar-refractivity contribution in [3.8, 4) is 0 Å². The SMILES string of the molecule is CC(C)(C)[Si](C)(C)OC[C@]12C=C[C@@H]3OC4C(Br)C1CC4C32. The highest BCUT2D eigenvalue weighted by Crippen LogP contribution is 2.70. The van der Waals surface area contributed by atoms with Crippen LogP contribution in [0.4, 0.5) is 0 Å². The van der Waals surface area contributed by atoms with Crippen molar-refractivity contribution >= 4 is 24.2 Å². The zero-order chi connectivity index (χ0) is 15.2. The minimum atomic E-state index is -1.69. The van der Waals surface area contributed by atoms with Crippen molar-refractivity contribution in [2.24, 2.45) is 23.2 Å². The van der Waals surface area contributed by atoms with E-state index in [1.54, 1.807) is 0 Å². The average molecular weight is 371 g/mol. The predicted octanol–water partition coefficient (Wildman–Crippen LogP) is 4.36. The van der Waals surface area contributed by atoms with E-state index >= 15 is 0 Å². The number of hydrogen-bond acceptors (Lipinski definition) is 2. The second-order valence-corrected chi connectivity index (χ2v) is 14.9. The van der Waals surface area contributed by atoms with Gasteiger partial charge in [-0.2, -0.15) is 0 Å². The average Bonchev–Trinajstić information content (AvgIpc) is 3.03. The summed E-state index contributed by atoms with van der Waals surface area (Å²) < 4.78 is 13.0. The van der Waals surface area contributed by atoms with E-state index in [1.165, 1.54) is 6.42 Å². The monoisotopic (exact) mass is 370 g/mol. The van der Waals surface area contributed by atoms with Crippen LogP contribution in [0.2, 0.25) is 18.1 Å². The highest BCUT2D eigenvalue weighted by Gasteiger charge is 2.72. The molecule has 0 aromatic carbocycles. The smallest absolute Gasteiger partial charge is 0.192 e. The van der Waals surface area contributed by atoms with Crippen LogP contribution >= 0.6 is 15.9 Å². The number of alkyl halides is 1. The Morgan fingerprint density at radius 3 is 2.76 bits per heavy atom. The van der Waals surface area contributed by atoms with Crippen LogP contribution in [0.1, 0.15) is 27.2 Å². The van der Waals surface area contributed by atoms with Gasteiger partial charge < -0.3 is 9.16 Å². The maximum Gasteiger partial charge on any atom is 0.192 e. The molecule has 0 amide bonds.